The van der Waals surface area contributed by atoms with E-state index in [4.69, 9.17) is 0 Å². The van der Waals surface area contributed by atoms with Crippen LogP contribution in [0.5, 0.6) is 0 Å². The van der Waals surface area contributed by atoms with E-state index < -0.39 is 0 Å². The summed E-state index contributed by atoms with van der Waals surface area (Å²) in [5.74, 6) is -0.187. The van der Waals surface area contributed by atoms with Gasteiger partial charge in [0.15, 0.2) is 0 Å². The molecule has 0 aliphatic heterocycles. The molecule has 1 amide bonds. The summed E-state index contributed by atoms with van der Waals surface area (Å²) in [5.41, 5.74) is 1.82. The molecular formula is C17H18N6O. The Morgan fingerprint density at radius 1 is 1.25 bits per heavy atom. The van der Waals surface area contributed by atoms with E-state index in [0.717, 1.165) is 5.69 Å². The number of nitrogens with one attached hydrogen (secondary N) is 1. The molecule has 3 rings (SSSR count). The van der Waals surface area contributed by atoms with Gasteiger partial charge in [0.2, 0.25) is 0 Å². The minimum Gasteiger partial charge on any atom is -0.351 e. The number of rotatable bonds is 5. The third kappa shape index (κ3) is 3.45. The molecule has 0 fully saturated rings. The summed E-state index contributed by atoms with van der Waals surface area (Å²) in [4.78, 5) is 20.9. The Morgan fingerprint density at radius 3 is 2.83 bits per heavy atom. The fourth-order valence-corrected chi connectivity index (χ4v) is 2.28. The first-order chi connectivity index (χ1) is 11.6. The molecule has 3 aromatic rings. The van der Waals surface area contributed by atoms with Gasteiger partial charge in [-0.25, -0.2) is 4.68 Å². The zero-order valence-corrected chi connectivity index (χ0v) is 13.5. The average molecular weight is 322 g/mol. The molecule has 0 bridgehead atoms. The number of carbonyl (C=O) groups excluding carboxylic acids is 1. The number of aromatic nitrogens is 5. The first-order valence-electron chi connectivity index (χ1n) is 7.58. The van der Waals surface area contributed by atoms with E-state index in [2.05, 4.69) is 25.6 Å². The van der Waals surface area contributed by atoms with Crippen LogP contribution in [0.2, 0.25) is 0 Å². The van der Waals surface area contributed by atoms with Gasteiger partial charge in [-0.15, -0.1) is 5.10 Å². The van der Waals surface area contributed by atoms with E-state index in [9.17, 15) is 4.79 Å². The second kappa shape index (κ2) is 6.57. The highest BCUT2D eigenvalue weighted by molar-refractivity contribution is 5.94. The standard InChI is InChI=1S/C17H18N6O/c1-17(2,15-5-3-4-6-19-15)12-20-16(24)13-9-14(11-18-10-13)23-8-7-21-22-23/h3-11H,12H2,1-2H3,(H,20,24). The molecule has 1 N–H and O–H groups in total. The molecule has 122 valence electrons. The number of nitrogens with zero attached hydrogens (tertiary/aromatic N) is 5. The second-order valence-electron chi connectivity index (χ2n) is 6.06. The largest absolute Gasteiger partial charge is 0.351 e. The molecule has 3 heterocycles. The Hall–Kier alpha value is -3.09. The van der Waals surface area contributed by atoms with Crippen molar-refractivity contribution in [3.8, 4) is 5.69 Å². The summed E-state index contributed by atoms with van der Waals surface area (Å²) in [7, 11) is 0. The van der Waals surface area contributed by atoms with Crippen molar-refractivity contribution >= 4 is 5.91 Å². The fourth-order valence-electron chi connectivity index (χ4n) is 2.28. The average Bonchev–Trinajstić information content (AvgIpc) is 3.15. The highest BCUT2D eigenvalue weighted by Crippen LogP contribution is 2.19. The molecular weight excluding hydrogens is 304 g/mol. The molecule has 24 heavy (non-hydrogen) atoms. The van der Waals surface area contributed by atoms with Crippen molar-refractivity contribution in [3.05, 3.63) is 66.5 Å². The van der Waals surface area contributed by atoms with Gasteiger partial charge in [0.1, 0.15) is 0 Å². The summed E-state index contributed by atoms with van der Waals surface area (Å²) in [6.07, 6.45) is 8.18. The maximum absolute atomic E-state index is 12.4. The summed E-state index contributed by atoms with van der Waals surface area (Å²) in [5, 5.41) is 10.6. The highest BCUT2D eigenvalue weighted by atomic mass is 16.1. The Morgan fingerprint density at radius 2 is 2.12 bits per heavy atom. The lowest BCUT2D eigenvalue weighted by Crippen LogP contribution is -2.37. The summed E-state index contributed by atoms with van der Waals surface area (Å²) < 4.78 is 1.56. The molecule has 3 aromatic heterocycles. The van der Waals surface area contributed by atoms with Crippen molar-refractivity contribution in [3.63, 3.8) is 0 Å². The molecule has 0 aliphatic carbocycles. The van der Waals surface area contributed by atoms with Crippen LogP contribution in [0.25, 0.3) is 5.69 Å². The smallest absolute Gasteiger partial charge is 0.252 e. The fraction of sp³-hybridized carbons (Fsp3) is 0.235. The Labute approximate surface area is 139 Å². The Balaban J connectivity index is 1.70. The number of hydrogen-bond donors (Lipinski definition) is 1. The van der Waals surface area contributed by atoms with Gasteiger partial charge in [0.25, 0.3) is 5.91 Å². The zero-order chi connectivity index (χ0) is 17.0. The predicted molar refractivity (Wildman–Crippen MR) is 88.8 cm³/mol. The van der Waals surface area contributed by atoms with Gasteiger partial charge in [0.05, 0.1) is 29.8 Å². The summed E-state index contributed by atoms with van der Waals surface area (Å²) >= 11 is 0. The molecule has 0 aliphatic rings. The van der Waals surface area contributed by atoms with Gasteiger partial charge in [0, 0.05) is 30.0 Å². The number of carbonyl (C=O) groups is 1. The number of pyridine rings is 2. The van der Waals surface area contributed by atoms with E-state index in [1.807, 2.05) is 32.0 Å². The van der Waals surface area contributed by atoms with E-state index >= 15 is 0 Å². The van der Waals surface area contributed by atoms with Crippen molar-refractivity contribution in [2.24, 2.45) is 0 Å². The Bertz CT molecular complexity index is 814. The molecule has 7 nitrogen and oxygen atoms in total. The number of hydrogen-bond acceptors (Lipinski definition) is 5. The zero-order valence-electron chi connectivity index (χ0n) is 13.5. The minimum atomic E-state index is -0.270. The quantitative estimate of drug-likeness (QED) is 0.773. The van der Waals surface area contributed by atoms with Crippen molar-refractivity contribution in [1.29, 1.82) is 0 Å². The lowest BCUT2D eigenvalue weighted by molar-refractivity contribution is 0.0945. The topological polar surface area (TPSA) is 85.6 Å². The van der Waals surface area contributed by atoms with Crippen LogP contribution in [0.4, 0.5) is 0 Å². The third-order valence-corrected chi connectivity index (χ3v) is 3.72. The molecule has 0 unspecified atom stereocenters. The van der Waals surface area contributed by atoms with Gasteiger partial charge >= 0.3 is 0 Å². The van der Waals surface area contributed by atoms with Crippen LogP contribution in [0.15, 0.2) is 55.2 Å². The van der Waals surface area contributed by atoms with Crippen molar-refractivity contribution in [2.45, 2.75) is 19.3 Å². The van der Waals surface area contributed by atoms with E-state index in [1.54, 1.807) is 35.5 Å². The van der Waals surface area contributed by atoms with Gasteiger partial charge in [-0.05, 0) is 18.2 Å². The number of amides is 1. The lowest BCUT2D eigenvalue weighted by Gasteiger charge is -2.24. The van der Waals surface area contributed by atoms with E-state index in [0.29, 0.717) is 17.8 Å². The summed E-state index contributed by atoms with van der Waals surface area (Å²) in [6.45, 7) is 4.55. The van der Waals surface area contributed by atoms with Crippen LogP contribution in [-0.2, 0) is 5.41 Å². The maximum Gasteiger partial charge on any atom is 0.252 e. The molecule has 0 saturated heterocycles. The molecule has 0 spiro atoms. The first kappa shape index (κ1) is 15.8. The molecule has 0 aromatic carbocycles. The molecule has 0 saturated carbocycles. The lowest BCUT2D eigenvalue weighted by atomic mass is 9.88. The summed E-state index contributed by atoms with van der Waals surface area (Å²) in [6, 6.07) is 7.50. The minimum absolute atomic E-state index is 0.187. The van der Waals surface area contributed by atoms with Gasteiger partial charge in [-0.1, -0.05) is 25.1 Å². The normalized spacial score (nSPS) is 11.2. The molecule has 0 atom stereocenters. The van der Waals surface area contributed by atoms with Crippen LogP contribution in [-0.4, -0.2) is 37.4 Å². The van der Waals surface area contributed by atoms with Crippen LogP contribution in [0, 0.1) is 0 Å². The van der Waals surface area contributed by atoms with Crippen molar-refractivity contribution < 1.29 is 4.79 Å². The van der Waals surface area contributed by atoms with Crippen molar-refractivity contribution in [2.75, 3.05) is 6.54 Å². The van der Waals surface area contributed by atoms with Crippen LogP contribution >= 0.6 is 0 Å². The van der Waals surface area contributed by atoms with Gasteiger partial charge in [-0.3, -0.25) is 14.8 Å². The van der Waals surface area contributed by atoms with Crippen LogP contribution in [0.3, 0.4) is 0 Å². The third-order valence-electron chi connectivity index (χ3n) is 3.72. The van der Waals surface area contributed by atoms with Crippen LogP contribution in [0.1, 0.15) is 29.9 Å². The molecule has 0 radical (unpaired) electrons. The highest BCUT2D eigenvalue weighted by Gasteiger charge is 2.23. The second-order valence-corrected chi connectivity index (χ2v) is 6.06. The van der Waals surface area contributed by atoms with Crippen molar-refractivity contribution in [1.82, 2.24) is 30.3 Å². The van der Waals surface area contributed by atoms with E-state index in [1.165, 1.54) is 6.20 Å². The Kier molecular flexibility index (Phi) is 4.33. The van der Waals surface area contributed by atoms with Gasteiger partial charge < -0.3 is 5.32 Å². The maximum atomic E-state index is 12.4. The predicted octanol–water partition coefficient (Wildman–Crippen LogP) is 1.76. The van der Waals surface area contributed by atoms with E-state index in [-0.39, 0.29) is 11.3 Å². The first-order valence-corrected chi connectivity index (χ1v) is 7.58. The van der Waals surface area contributed by atoms with Crippen LogP contribution < -0.4 is 5.32 Å². The monoisotopic (exact) mass is 322 g/mol. The SMILES string of the molecule is CC(C)(CNC(=O)c1cncc(-n2ccnn2)c1)c1ccccn1. The van der Waals surface area contributed by atoms with Gasteiger partial charge in [-0.2, -0.15) is 0 Å². The molecule has 7 heteroatoms.